The molecule has 0 bridgehead atoms. The van der Waals surface area contributed by atoms with Crippen LogP contribution in [0, 0.1) is 0 Å². The number of hydrogen-bond acceptors (Lipinski definition) is 3. The first kappa shape index (κ1) is 16.7. The first-order valence-corrected chi connectivity index (χ1v) is 7.71. The fourth-order valence-corrected chi connectivity index (χ4v) is 2.39. The van der Waals surface area contributed by atoms with Gasteiger partial charge in [-0.25, -0.2) is 9.59 Å². The molecule has 0 saturated carbocycles. The number of rotatable bonds is 7. The van der Waals surface area contributed by atoms with Crippen LogP contribution in [0.1, 0.15) is 58.6 Å². The molecule has 120 valence electrons. The first-order valence-electron chi connectivity index (χ1n) is 7.71. The summed E-state index contributed by atoms with van der Waals surface area (Å²) in [6.07, 6.45) is 2.26. The summed E-state index contributed by atoms with van der Waals surface area (Å²) in [6, 6.07) is 15.6. The van der Waals surface area contributed by atoms with Crippen LogP contribution in [-0.4, -0.2) is 17.0 Å². The SMILES string of the molecule is CCCCC(OC(=O)c1ccccc1C(=O)O)c1ccccc1. The van der Waals surface area contributed by atoms with Crippen LogP contribution >= 0.6 is 0 Å². The van der Waals surface area contributed by atoms with Crippen molar-refractivity contribution in [2.24, 2.45) is 0 Å². The summed E-state index contributed by atoms with van der Waals surface area (Å²) in [4.78, 5) is 23.7. The van der Waals surface area contributed by atoms with Crippen molar-refractivity contribution >= 4 is 11.9 Å². The predicted molar refractivity (Wildman–Crippen MR) is 87.5 cm³/mol. The molecule has 2 aromatic rings. The first-order chi connectivity index (χ1) is 11.1. The van der Waals surface area contributed by atoms with Crippen LogP contribution in [0.5, 0.6) is 0 Å². The normalized spacial score (nSPS) is 11.7. The smallest absolute Gasteiger partial charge is 0.339 e. The number of carbonyl (C=O) groups excluding carboxylic acids is 1. The van der Waals surface area contributed by atoms with Crippen LogP contribution in [0.4, 0.5) is 0 Å². The maximum Gasteiger partial charge on any atom is 0.339 e. The molecule has 1 atom stereocenters. The molecule has 4 nitrogen and oxygen atoms in total. The van der Waals surface area contributed by atoms with Crippen molar-refractivity contribution in [3.8, 4) is 0 Å². The zero-order valence-electron chi connectivity index (χ0n) is 13.1. The van der Waals surface area contributed by atoms with Gasteiger partial charge in [0.2, 0.25) is 0 Å². The molecule has 0 heterocycles. The highest BCUT2D eigenvalue weighted by Crippen LogP contribution is 2.25. The molecular formula is C19H20O4. The standard InChI is InChI=1S/C19H20O4/c1-2-3-13-17(14-9-5-4-6-10-14)23-19(22)16-12-8-7-11-15(16)18(20)21/h4-12,17H,2-3,13H2,1H3,(H,20,21). The van der Waals surface area contributed by atoms with Crippen LogP contribution in [0.3, 0.4) is 0 Å². The fourth-order valence-electron chi connectivity index (χ4n) is 2.39. The highest BCUT2D eigenvalue weighted by molar-refractivity contribution is 6.02. The maximum atomic E-state index is 12.4. The summed E-state index contributed by atoms with van der Waals surface area (Å²) in [7, 11) is 0. The summed E-state index contributed by atoms with van der Waals surface area (Å²) < 4.78 is 5.61. The minimum atomic E-state index is -1.14. The lowest BCUT2D eigenvalue weighted by atomic mass is 10.0. The van der Waals surface area contributed by atoms with E-state index >= 15 is 0 Å². The number of carboxylic acids is 1. The van der Waals surface area contributed by atoms with E-state index in [1.807, 2.05) is 30.3 Å². The number of carbonyl (C=O) groups is 2. The van der Waals surface area contributed by atoms with Gasteiger partial charge in [-0.2, -0.15) is 0 Å². The van der Waals surface area contributed by atoms with Crippen molar-refractivity contribution in [1.82, 2.24) is 0 Å². The van der Waals surface area contributed by atoms with Crippen molar-refractivity contribution in [2.45, 2.75) is 32.3 Å². The molecule has 2 aromatic carbocycles. The van der Waals surface area contributed by atoms with E-state index in [0.29, 0.717) is 6.42 Å². The fraction of sp³-hybridized carbons (Fsp3) is 0.263. The Hall–Kier alpha value is -2.62. The second kappa shape index (κ2) is 8.13. The van der Waals surface area contributed by atoms with E-state index in [9.17, 15) is 14.7 Å². The molecule has 2 rings (SSSR count). The van der Waals surface area contributed by atoms with Gasteiger partial charge in [-0.1, -0.05) is 55.8 Å². The Morgan fingerprint density at radius 1 is 1.00 bits per heavy atom. The molecule has 0 aromatic heterocycles. The average molecular weight is 312 g/mol. The molecule has 0 amide bonds. The predicted octanol–water partition coefficient (Wildman–Crippen LogP) is 4.47. The van der Waals surface area contributed by atoms with E-state index in [1.54, 1.807) is 12.1 Å². The molecule has 0 fully saturated rings. The highest BCUT2D eigenvalue weighted by Gasteiger charge is 2.21. The number of unbranched alkanes of at least 4 members (excludes halogenated alkanes) is 1. The number of aromatic carboxylic acids is 1. The summed E-state index contributed by atoms with van der Waals surface area (Å²) >= 11 is 0. The lowest BCUT2D eigenvalue weighted by Gasteiger charge is -2.18. The van der Waals surface area contributed by atoms with E-state index in [2.05, 4.69) is 6.92 Å². The third-order valence-corrected chi connectivity index (χ3v) is 3.62. The third-order valence-electron chi connectivity index (χ3n) is 3.62. The number of carboxylic acid groups (broad SMARTS) is 1. The van der Waals surface area contributed by atoms with Crippen LogP contribution in [-0.2, 0) is 4.74 Å². The number of hydrogen-bond donors (Lipinski definition) is 1. The second-order valence-corrected chi connectivity index (χ2v) is 5.30. The van der Waals surface area contributed by atoms with Gasteiger partial charge in [0.25, 0.3) is 0 Å². The summed E-state index contributed by atoms with van der Waals surface area (Å²) in [5.41, 5.74) is 0.958. The molecule has 0 radical (unpaired) electrons. The van der Waals surface area contributed by atoms with Gasteiger partial charge in [0, 0.05) is 0 Å². The second-order valence-electron chi connectivity index (χ2n) is 5.30. The monoisotopic (exact) mass is 312 g/mol. The van der Waals surface area contributed by atoms with Crippen molar-refractivity contribution < 1.29 is 19.4 Å². The molecule has 0 spiro atoms. The highest BCUT2D eigenvalue weighted by atomic mass is 16.5. The topological polar surface area (TPSA) is 63.6 Å². The minimum Gasteiger partial charge on any atom is -0.478 e. The van der Waals surface area contributed by atoms with Gasteiger partial charge in [-0.3, -0.25) is 0 Å². The van der Waals surface area contributed by atoms with Gasteiger partial charge in [0.1, 0.15) is 6.10 Å². The quantitative estimate of drug-likeness (QED) is 0.766. The largest absolute Gasteiger partial charge is 0.478 e. The van der Waals surface area contributed by atoms with Gasteiger partial charge >= 0.3 is 11.9 Å². The van der Waals surface area contributed by atoms with E-state index in [-0.39, 0.29) is 17.2 Å². The summed E-state index contributed by atoms with van der Waals surface area (Å²) in [5.74, 6) is -1.74. The van der Waals surface area contributed by atoms with Gasteiger partial charge in [0.15, 0.2) is 0 Å². The Labute approximate surface area is 135 Å². The Balaban J connectivity index is 2.23. The van der Waals surface area contributed by atoms with Crippen molar-refractivity contribution in [2.75, 3.05) is 0 Å². The molecule has 0 aliphatic heterocycles. The molecule has 1 unspecified atom stereocenters. The minimum absolute atomic E-state index is 0.0418. The van der Waals surface area contributed by atoms with Crippen LogP contribution in [0.2, 0.25) is 0 Å². The number of esters is 1. The van der Waals surface area contributed by atoms with Crippen LogP contribution in [0.25, 0.3) is 0 Å². The molecule has 4 heteroatoms. The number of benzene rings is 2. The molecule has 0 aliphatic rings. The van der Waals surface area contributed by atoms with Gasteiger partial charge in [-0.15, -0.1) is 0 Å². The van der Waals surface area contributed by atoms with Gasteiger partial charge in [-0.05, 0) is 30.5 Å². The van der Waals surface area contributed by atoms with Crippen LogP contribution < -0.4 is 0 Å². The Morgan fingerprint density at radius 2 is 1.61 bits per heavy atom. The zero-order valence-corrected chi connectivity index (χ0v) is 13.1. The molecule has 1 N–H and O–H groups in total. The Morgan fingerprint density at radius 3 is 2.22 bits per heavy atom. The van der Waals surface area contributed by atoms with E-state index < -0.39 is 11.9 Å². The molecule has 23 heavy (non-hydrogen) atoms. The van der Waals surface area contributed by atoms with Crippen molar-refractivity contribution in [3.05, 3.63) is 71.3 Å². The Kier molecular flexibility index (Phi) is 5.92. The van der Waals surface area contributed by atoms with E-state index in [0.717, 1.165) is 18.4 Å². The molecular weight excluding hydrogens is 292 g/mol. The van der Waals surface area contributed by atoms with E-state index in [4.69, 9.17) is 4.74 Å². The van der Waals surface area contributed by atoms with Gasteiger partial charge < -0.3 is 9.84 Å². The van der Waals surface area contributed by atoms with Crippen LogP contribution in [0.15, 0.2) is 54.6 Å². The lowest BCUT2D eigenvalue weighted by Crippen LogP contribution is -2.15. The van der Waals surface area contributed by atoms with Crippen molar-refractivity contribution in [1.29, 1.82) is 0 Å². The van der Waals surface area contributed by atoms with Gasteiger partial charge in [0.05, 0.1) is 11.1 Å². The third kappa shape index (κ3) is 4.42. The average Bonchev–Trinajstić information content (AvgIpc) is 2.59. The Bertz CT molecular complexity index is 664. The van der Waals surface area contributed by atoms with Crippen molar-refractivity contribution in [3.63, 3.8) is 0 Å². The summed E-state index contributed by atoms with van der Waals surface area (Å²) in [6.45, 7) is 2.07. The zero-order chi connectivity index (χ0) is 16.7. The summed E-state index contributed by atoms with van der Waals surface area (Å²) in [5, 5.41) is 9.20. The maximum absolute atomic E-state index is 12.4. The molecule has 0 aliphatic carbocycles. The lowest BCUT2D eigenvalue weighted by molar-refractivity contribution is 0.0266. The molecule has 0 saturated heterocycles. The van der Waals surface area contributed by atoms with E-state index in [1.165, 1.54) is 12.1 Å². The number of ether oxygens (including phenoxy) is 1.